The van der Waals surface area contributed by atoms with E-state index in [1.165, 1.54) is 12.6 Å². The Bertz CT molecular complexity index is 412. The lowest BCUT2D eigenvalue weighted by molar-refractivity contribution is 0.0690. The lowest BCUT2D eigenvalue weighted by atomic mass is 9.92. The molecule has 0 spiro atoms. The minimum Gasteiger partial charge on any atom is -0.476 e. The summed E-state index contributed by atoms with van der Waals surface area (Å²) < 4.78 is 0. The number of carboxylic acids is 1. The van der Waals surface area contributed by atoms with Crippen LogP contribution in [0.5, 0.6) is 0 Å². The van der Waals surface area contributed by atoms with Crippen molar-refractivity contribution >= 4 is 11.8 Å². The molecule has 1 aromatic rings. The summed E-state index contributed by atoms with van der Waals surface area (Å²) in [7, 11) is 0. The van der Waals surface area contributed by atoms with Crippen LogP contribution >= 0.6 is 0 Å². The number of anilines is 1. The van der Waals surface area contributed by atoms with Gasteiger partial charge in [0.15, 0.2) is 5.69 Å². The third-order valence-corrected chi connectivity index (χ3v) is 3.03. The average Bonchev–Trinajstić information content (AvgIpc) is 2.28. The molecular weight excluding hydrogens is 218 g/mol. The van der Waals surface area contributed by atoms with Crippen LogP contribution < -0.4 is 4.90 Å². The Hall–Kier alpha value is -1.65. The van der Waals surface area contributed by atoms with Gasteiger partial charge in [-0.1, -0.05) is 13.8 Å². The molecule has 5 nitrogen and oxygen atoms in total. The molecule has 0 amide bonds. The van der Waals surface area contributed by atoms with Gasteiger partial charge < -0.3 is 10.0 Å². The van der Waals surface area contributed by atoms with Crippen molar-refractivity contribution in [3.8, 4) is 0 Å². The minimum absolute atomic E-state index is 0.00776. The highest BCUT2D eigenvalue weighted by Crippen LogP contribution is 2.24. The molecule has 0 saturated carbocycles. The molecule has 1 saturated heterocycles. The van der Waals surface area contributed by atoms with Crippen molar-refractivity contribution in [3.63, 3.8) is 0 Å². The maximum Gasteiger partial charge on any atom is 0.356 e. The predicted octanol–water partition coefficient (Wildman–Crippen LogP) is 1.66. The van der Waals surface area contributed by atoms with E-state index in [0.29, 0.717) is 17.7 Å². The van der Waals surface area contributed by atoms with Crippen molar-refractivity contribution in [3.05, 3.63) is 18.1 Å². The molecular formula is C12H17N3O2. The van der Waals surface area contributed by atoms with E-state index in [-0.39, 0.29) is 5.69 Å². The van der Waals surface area contributed by atoms with E-state index in [1.54, 1.807) is 6.20 Å². The van der Waals surface area contributed by atoms with Gasteiger partial charge in [0, 0.05) is 13.1 Å². The van der Waals surface area contributed by atoms with Crippen LogP contribution in [0.15, 0.2) is 12.4 Å². The maximum absolute atomic E-state index is 10.8. The third kappa shape index (κ3) is 2.72. The Morgan fingerprint density at radius 1 is 1.35 bits per heavy atom. The zero-order valence-electron chi connectivity index (χ0n) is 10.1. The van der Waals surface area contributed by atoms with Crippen molar-refractivity contribution in [1.29, 1.82) is 0 Å². The summed E-state index contributed by atoms with van der Waals surface area (Å²) in [6, 6.07) is 0. The molecule has 2 unspecified atom stereocenters. The van der Waals surface area contributed by atoms with Crippen LogP contribution in [0, 0.1) is 11.8 Å². The second-order valence-electron chi connectivity index (χ2n) is 4.92. The number of carbonyl (C=O) groups is 1. The van der Waals surface area contributed by atoms with E-state index < -0.39 is 5.97 Å². The standard InChI is InChI=1S/C12H17N3O2/c1-8-3-9(2)7-15(6-8)11-5-13-4-10(14-11)12(16)17/h4-5,8-9H,3,6-7H2,1-2H3,(H,16,17). The van der Waals surface area contributed by atoms with Gasteiger partial charge in [-0.15, -0.1) is 0 Å². The van der Waals surface area contributed by atoms with E-state index in [2.05, 4.69) is 28.7 Å². The van der Waals surface area contributed by atoms with Gasteiger partial charge in [-0.3, -0.25) is 4.98 Å². The van der Waals surface area contributed by atoms with Crippen LogP contribution in [0.25, 0.3) is 0 Å². The van der Waals surface area contributed by atoms with Crippen LogP contribution in [0.3, 0.4) is 0 Å². The quantitative estimate of drug-likeness (QED) is 0.844. The number of hydrogen-bond donors (Lipinski definition) is 1. The Kier molecular flexibility index (Phi) is 3.26. The van der Waals surface area contributed by atoms with Gasteiger partial charge in [-0.2, -0.15) is 0 Å². The molecule has 1 aromatic heterocycles. The normalized spacial score (nSPS) is 24.7. The van der Waals surface area contributed by atoms with Gasteiger partial charge in [0.05, 0.1) is 12.4 Å². The molecule has 1 aliphatic heterocycles. The molecule has 5 heteroatoms. The molecule has 0 bridgehead atoms. The second kappa shape index (κ2) is 4.69. The van der Waals surface area contributed by atoms with Crippen molar-refractivity contribution in [1.82, 2.24) is 9.97 Å². The zero-order valence-corrected chi connectivity index (χ0v) is 10.1. The van der Waals surface area contributed by atoms with Gasteiger partial charge in [0.1, 0.15) is 5.82 Å². The molecule has 2 heterocycles. The lowest BCUT2D eigenvalue weighted by Gasteiger charge is -2.35. The van der Waals surface area contributed by atoms with Crippen molar-refractivity contribution in [2.75, 3.05) is 18.0 Å². The summed E-state index contributed by atoms with van der Waals surface area (Å²) in [4.78, 5) is 21.0. The fourth-order valence-corrected chi connectivity index (χ4v) is 2.46. The Morgan fingerprint density at radius 2 is 2.00 bits per heavy atom. The first-order valence-corrected chi connectivity index (χ1v) is 5.86. The summed E-state index contributed by atoms with van der Waals surface area (Å²) in [5, 5.41) is 8.89. The van der Waals surface area contributed by atoms with Crippen LogP contribution in [0.4, 0.5) is 5.82 Å². The Labute approximate surface area is 100 Å². The van der Waals surface area contributed by atoms with E-state index in [0.717, 1.165) is 13.1 Å². The highest BCUT2D eigenvalue weighted by molar-refractivity contribution is 5.85. The van der Waals surface area contributed by atoms with E-state index in [1.807, 2.05) is 0 Å². The Morgan fingerprint density at radius 3 is 2.59 bits per heavy atom. The van der Waals surface area contributed by atoms with Crippen LogP contribution in [-0.4, -0.2) is 34.1 Å². The monoisotopic (exact) mass is 235 g/mol. The molecule has 92 valence electrons. The van der Waals surface area contributed by atoms with E-state index in [4.69, 9.17) is 5.11 Å². The average molecular weight is 235 g/mol. The summed E-state index contributed by atoms with van der Waals surface area (Å²) in [6.07, 6.45) is 4.13. The van der Waals surface area contributed by atoms with Gasteiger partial charge >= 0.3 is 5.97 Å². The number of hydrogen-bond acceptors (Lipinski definition) is 4. The summed E-state index contributed by atoms with van der Waals surface area (Å²) >= 11 is 0. The summed E-state index contributed by atoms with van der Waals surface area (Å²) in [6.45, 7) is 6.25. The summed E-state index contributed by atoms with van der Waals surface area (Å²) in [5.41, 5.74) is 0.00776. The minimum atomic E-state index is -1.03. The highest BCUT2D eigenvalue weighted by atomic mass is 16.4. The van der Waals surface area contributed by atoms with Crippen molar-refractivity contribution in [2.45, 2.75) is 20.3 Å². The van der Waals surface area contributed by atoms with Crippen LogP contribution in [-0.2, 0) is 0 Å². The summed E-state index contributed by atoms with van der Waals surface area (Å²) in [5.74, 6) is 0.851. The van der Waals surface area contributed by atoms with Gasteiger partial charge in [-0.05, 0) is 18.3 Å². The van der Waals surface area contributed by atoms with Crippen LogP contribution in [0.1, 0.15) is 30.8 Å². The zero-order chi connectivity index (χ0) is 12.4. The number of rotatable bonds is 2. The molecule has 17 heavy (non-hydrogen) atoms. The molecule has 2 atom stereocenters. The lowest BCUT2D eigenvalue weighted by Crippen LogP contribution is -2.39. The maximum atomic E-state index is 10.8. The molecule has 1 aliphatic rings. The predicted molar refractivity (Wildman–Crippen MR) is 64.1 cm³/mol. The van der Waals surface area contributed by atoms with Crippen LogP contribution in [0.2, 0.25) is 0 Å². The van der Waals surface area contributed by atoms with Gasteiger partial charge in [0.2, 0.25) is 0 Å². The SMILES string of the molecule is CC1CC(C)CN(c2cncc(C(=O)O)n2)C1. The number of aromatic nitrogens is 2. The second-order valence-corrected chi connectivity index (χ2v) is 4.92. The van der Waals surface area contributed by atoms with E-state index in [9.17, 15) is 4.79 Å². The fourth-order valence-electron chi connectivity index (χ4n) is 2.46. The largest absolute Gasteiger partial charge is 0.476 e. The third-order valence-electron chi connectivity index (χ3n) is 3.03. The molecule has 0 aromatic carbocycles. The molecule has 2 rings (SSSR count). The molecule has 0 aliphatic carbocycles. The highest BCUT2D eigenvalue weighted by Gasteiger charge is 2.23. The van der Waals surface area contributed by atoms with Crippen molar-refractivity contribution < 1.29 is 9.90 Å². The number of nitrogens with zero attached hydrogens (tertiary/aromatic N) is 3. The van der Waals surface area contributed by atoms with Gasteiger partial charge in [0.25, 0.3) is 0 Å². The van der Waals surface area contributed by atoms with E-state index >= 15 is 0 Å². The molecule has 1 N–H and O–H groups in total. The molecule has 1 fully saturated rings. The first-order chi connectivity index (χ1) is 8.06. The number of carboxylic acid groups (broad SMARTS) is 1. The van der Waals surface area contributed by atoms with Gasteiger partial charge in [-0.25, -0.2) is 9.78 Å². The topological polar surface area (TPSA) is 66.3 Å². The number of piperidine rings is 1. The first kappa shape index (κ1) is 11.8. The fraction of sp³-hybridized carbons (Fsp3) is 0.583. The van der Waals surface area contributed by atoms with Crippen molar-refractivity contribution in [2.24, 2.45) is 11.8 Å². The first-order valence-electron chi connectivity index (χ1n) is 5.86. The number of aromatic carboxylic acids is 1. The smallest absolute Gasteiger partial charge is 0.356 e. The Balaban J connectivity index is 2.21. The molecule has 0 radical (unpaired) electrons.